The summed E-state index contributed by atoms with van der Waals surface area (Å²) in [5.74, 6) is -0.544. The van der Waals surface area contributed by atoms with Crippen molar-refractivity contribution < 1.29 is 10.0 Å². The van der Waals surface area contributed by atoms with Gasteiger partial charge in [-0.15, -0.1) is 0 Å². The van der Waals surface area contributed by atoms with E-state index in [0.717, 1.165) is 11.3 Å². The van der Waals surface area contributed by atoms with Crippen LogP contribution in [-0.2, 0) is 4.79 Å². The molecule has 0 aliphatic heterocycles. The lowest BCUT2D eigenvalue weighted by Gasteiger charge is -2.11. The zero-order valence-corrected chi connectivity index (χ0v) is 9.92. The topological polar surface area (TPSA) is 52.6 Å². The summed E-state index contributed by atoms with van der Waals surface area (Å²) in [5.41, 5.74) is 3.70. The van der Waals surface area contributed by atoms with Crippen molar-refractivity contribution in [1.29, 1.82) is 0 Å². The standard InChI is InChI=1S/C13H16N2O2/c1-15(2)12-9-7-11(8-10-12)5-3-4-6-13(16)14-17/h3-10,17H,1-2H3,(H,14,16)/b5-3+,6-4+. The minimum Gasteiger partial charge on any atom is -0.378 e. The number of nitrogens with one attached hydrogen (secondary N) is 1. The molecule has 17 heavy (non-hydrogen) atoms. The Morgan fingerprint density at radius 3 is 2.41 bits per heavy atom. The number of rotatable bonds is 4. The van der Waals surface area contributed by atoms with Gasteiger partial charge in [0.25, 0.3) is 5.91 Å². The zero-order chi connectivity index (χ0) is 12.7. The monoisotopic (exact) mass is 232 g/mol. The number of allylic oxidation sites excluding steroid dienone is 2. The molecule has 0 fully saturated rings. The van der Waals surface area contributed by atoms with Gasteiger partial charge in [0.2, 0.25) is 0 Å². The number of amides is 1. The number of hydroxylamine groups is 1. The third kappa shape index (κ3) is 4.53. The van der Waals surface area contributed by atoms with Crippen molar-refractivity contribution in [3.63, 3.8) is 0 Å². The maximum Gasteiger partial charge on any atom is 0.267 e. The van der Waals surface area contributed by atoms with Gasteiger partial charge < -0.3 is 4.90 Å². The van der Waals surface area contributed by atoms with E-state index in [1.54, 1.807) is 12.2 Å². The van der Waals surface area contributed by atoms with E-state index in [0.29, 0.717) is 0 Å². The quantitative estimate of drug-likeness (QED) is 0.360. The summed E-state index contributed by atoms with van der Waals surface area (Å²) in [7, 11) is 3.97. The van der Waals surface area contributed by atoms with Crippen LogP contribution in [0.2, 0.25) is 0 Å². The highest BCUT2D eigenvalue weighted by Gasteiger charge is 1.92. The van der Waals surface area contributed by atoms with Gasteiger partial charge in [-0.3, -0.25) is 10.0 Å². The zero-order valence-electron chi connectivity index (χ0n) is 9.92. The molecule has 4 heteroatoms. The van der Waals surface area contributed by atoms with Crippen molar-refractivity contribution in [2.24, 2.45) is 0 Å². The highest BCUT2D eigenvalue weighted by atomic mass is 16.5. The summed E-state index contributed by atoms with van der Waals surface area (Å²) in [5, 5.41) is 8.25. The number of anilines is 1. The van der Waals surface area contributed by atoms with E-state index in [1.807, 2.05) is 49.3 Å². The van der Waals surface area contributed by atoms with E-state index in [9.17, 15) is 4.79 Å². The summed E-state index contributed by atoms with van der Waals surface area (Å²) in [4.78, 5) is 12.7. The van der Waals surface area contributed by atoms with Crippen molar-refractivity contribution >= 4 is 17.7 Å². The fourth-order valence-electron chi connectivity index (χ4n) is 1.23. The molecule has 0 atom stereocenters. The van der Waals surface area contributed by atoms with E-state index in [-0.39, 0.29) is 0 Å². The Bertz CT molecular complexity index is 420. The van der Waals surface area contributed by atoms with Crippen LogP contribution in [0.15, 0.2) is 42.5 Å². The molecule has 1 rings (SSSR count). The Morgan fingerprint density at radius 1 is 1.24 bits per heavy atom. The van der Waals surface area contributed by atoms with Crippen LogP contribution in [0.25, 0.3) is 6.08 Å². The maximum atomic E-state index is 10.7. The molecule has 0 spiro atoms. The van der Waals surface area contributed by atoms with E-state index in [4.69, 9.17) is 5.21 Å². The molecule has 2 N–H and O–H groups in total. The Balaban J connectivity index is 2.60. The second-order valence-electron chi connectivity index (χ2n) is 3.68. The predicted molar refractivity (Wildman–Crippen MR) is 68.9 cm³/mol. The van der Waals surface area contributed by atoms with Crippen molar-refractivity contribution in [2.75, 3.05) is 19.0 Å². The first-order chi connectivity index (χ1) is 8.13. The van der Waals surface area contributed by atoms with Gasteiger partial charge in [-0.2, -0.15) is 0 Å². The molecule has 0 aromatic heterocycles. The maximum absolute atomic E-state index is 10.7. The summed E-state index contributed by atoms with van der Waals surface area (Å²) in [6, 6.07) is 8.02. The van der Waals surface area contributed by atoms with Gasteiger partial charge in [-0.25, -0.2) is 5.48 Å². The summed E-state index contributed by atoms with van der Waals surface area (Å²) in [6.45, 7) is 0. The fraction of sp³-hybridized carbons (Fsp3) is 0.154. The number of hydrogen-bond acceptors (Lipinski definition) is 3. The summed E-state index contributed by atoms with van der Waals surface area (Å²) in [6.07, 6.45) is 6.41. The molecule has 0 heterocycles. The molecule has 0 saturated carbocycles. The number of carbonyl (C=O) groups excluding carboxylic acids is 1. The molecular weight excluding hydrogens is 216 g/mol. The smallest absolute Gasteiger partial charge is 0.267 e. The second kappa shape index (κ2) is 6.50. The first-order valence-corrected chi connectivity index (χ1v) is 5.19. The molecule has 1 amide bonds. The van der Waals surface area contributed by atoms with Gasteiger partial charge in [-0.1, -0.05) is 30.4 Å². The van der Waals surface area contributed by atoms with Crippen LogP contribution in [0, 0.1) is 0 Å². The molecule has 0 bridgehead atoms. The molecule has 4 nitrogen and oxygen atoms in total. The second-order valence-corrected chi connectivity index (χ2v) is 3.68. The Hall–Kier alpha value is -2.07. The molecule has 0 saturated heterocycles. The lowest BCUT2D eigenvalue weighted by atomic mass is 10.2. The Morgan fingerprint density at radius 2 is 1.88 bits per heavy atom. The molecule has 0 aliphatic carbocycles. The predicted octanol–water partition coefficient (Wildman–Crippen LogP) is 1.83. The molecule has 1 aromatic rings. The van der Waals surface area contributed by atoms with Gasteiger partial charge in [0, 0.05) is 25.9 Å². The van der Waals surface area contributed by atoms with Gasteiger partial charge in [0.1, 0.15) is 0 Å². The minimum absolute atomic E-state index is 0.544. The fourth-order valence-corrected chi connectivity index (χ4v) is 1.23. The van der Waals surface area contributed by atoms with Gasteiger partial charge in [0.05, 0.1) is 0 Å². The molecule has 90 valence electrons. The SMILES string of the molecule is CN(C)c1ccc(/C=C/C=C/C(=O)NO)cc1. The van der Waals surface area contributed by atoms with Gasteiger partial charge in [-0.05, 0) is 17.7 Å². The molecule has 0 unspecified atom stereocenters. The third-order valence-corrected chi connectivity index (χ3v) is 2.17. The van der Waals surface area contributed by atoms with Crippen molar-refractivity contribution in [1.82, 2.24) is 5.48 Å². The normalized spacial score (nSPS) is 11.0. The highest BCUT2D eigenvalue weighted by molar-refractivity contribution is 5.86. The van der Waals surface area contributed by atoms with E-state index >= 15 is 0 Å². The van der Waals surface area contributed by atoms with Crippen LogP contribution in [-0.4, -0.2) is 25.2 Å². The van der Waals surface area contributed by atoms with Crippen molar-refractivity contribution in [3.05, 3.63) is 48.1 Å². The van der Waals surface area contributed by atoms with Crippen LogP contribution >= 0.6 is 0 Å². The summed E-state index contributed by atoms with van der Waals surface area (Å²) < 4.78 is 0. The Labute approximate surface area is 101 Å². The van der Waals surface area contributed by atoms with Crippen LogP contribution in [0.5, 0.6) is 0 Å². The van der Waals surface area contributed by atoms with Crippen LogP contribution in [0.3, 0.4) is 0 Å². The third-order valence-electron chi connectivity index (χ3n) is 2.17. The minimum atomic E-state index is -0.544. The Kier molecular flexibility index (Phi) is 4.97. The number of hydrogen-bond donors (Lipinski definition) is 2. The molecule has 1 aromatic carbocycles. The van der Waals surface area contributed by atoms with Crippen LogP contribution < -0.4 is 10.4 Å². The molecule has 0 radical (unpaired) electrons. The average Bonchev–Trinajstić information content (AvgIpc) is 2.34. The molecule has 0 aliphatic rings. The highest BCUT2D eigenvalue weighted by Crippen LogP contribution is 2.12. The van der Waals surface area contributed by atoms with E-state index < -0.39 is 5.91 Å². The van der Waals surface area contributed by atoms with Crippen LogP contribution in [0.4, 0.5) is 5.69 Å². The number of carbonyl (C=O) groups is 1. The first-order valence-electron chi connectivity index (χ1n) is 5.19. The number of nitrogens with zero attached hydrogens (tertiary/aromatic N) is 1. The summed E-state index contributed by atoms with van der Waals surface area (Å²) >= 11 is 0. The van der Waals surface area contributed by atoms with E-state index in [2.05, 4.69) is 0 Å². The van der Waals surface area contributed by atoms with Gasteiger partial charge in [0.15, 0.2) is 0 Å². The van der Waals surface area contributed by atoms with Crippen LogP contribution in [0.1, 0.15) is 5.56 Å². The van der Waals surface area contributed by atoms with Crippen molar-refractivity contribution in [2.45, 2.75) is 0 Å². The molecular formula is C13H16N2O2. The lowest BCUT2D eigenvalue weighted by Crippen LogP contribution is -2.14. The largest absolute Gasteiger partial charge is 0.378 e. The number of benzene rings is 1. The lowest BCUT2D eigenvalue weighted by molar-refractivity contribution is -0.124. The average molecular weight is 232 g/mol. The van der Waals surface area contributed by atoms with Crippen molar-refractivity contribution in [3.8, 4) is 0 Å². The van der Waals surface area contributed by atoms with E-state index in [1.165, 1.54) is 11.6 Å². The first kappa shape index (κ1) is 13.0. The van der Waals surface area contributed by atoms with Gasteiger partial charge >= 0.3 is 0 Å².